The molecule has 1 aromatic rings. The first kappa shape index (κ1) is 14.7. The van der Waals surface area contributed by atoms with E-state index in [-0.39, 0.29) is 11.9 Å². The Hall–Kier alpha value is -1.36. The summed E-state index contributed by atoms with van der Waals surface area (Å²) < 4.78 is 2.07. The summed E-state index contributed by atoms with van der Waals surface area (Å²) in [5, 5.41) is 5.98. The molecular weight excluding hydrogens is 228 g/mol. The molecule has 0 saturated heterocycles. The zero-order chi connectivity index (χ0) is 13.5. The lowest BCUT2D eigenvalue weighted by molar-refractivity contribution is -0.123. The first-order chi connectivity index (χ1) is 8.58. The van der Waals surface area contributed by atoms with Crippen LogP contribution in [-0.4, -0.2) is 28.5 Å². The molecule has 1 rings (SSSR count). The van der Waals surface area contributed by atoms with Gasteiger partial charge in [-0.1, -0.05) is 13.8 Å². The minimum Gasteiger partial charge on any atom is -0.358 e. The van der Waals surface area contributed by atoms with Gasteiger partial charge in [-0.2, -0.15) is 0 Å². The van der Waals surface area contributed by atoms with Gasteiger partial charge in [0.15, 0.2) is 0 Å². The fourth-order valence-electron chi connectivity index (χ4n) is 1.94. The van der Waals surface area contributed by atoms with E-state index in [0.717, 1.165) is 18.8 Å². The number of carbonyl (C=O) groups is 1. The van der Waals surface area contributed by atoms with Crippen LogP contribution >= 0.6 is 0 Å². The average Bonchev–Trinajstić information content (AvgIpc) is 2.80. The smallest absolute Gasteiger partial charge is 0.236 e. The van der Waals surface area contributed by atoms with Crippen molar-refractivity contribution in [3.05, 3.63) is 18.2 Å². The lowest BCUT2D eigenvalue weighted by atomic mass is 10.0. The summed E-state index contributed by atoms with van der Waals surface area (Å²) in [5.74, 6) is 1.49. The normalized spacial score (nSPS) is 12.7. The highest BCUT2D eigenvalue weighted by molar-refractivity contribution is 5.81. The molecule has 5 heteroatoms. The molecule has 0 aliphatic heterocycles. The van der Waals surface area contributed by atoms with E-state index in [1.165, 1.54) is 0 Å². The third-order valence-electron chi connectivity index (χ3n) is 2.92. The van der Waals surface area contributed by atoms with Gasteiger partial charge in [0.1, 0.15) is 5.82 Å². The van der Waals surface area contributed by atoms with Crippen LogP contribution in [0.25, 0.3) is 0 Å². The number of amides is 1. The number of nitrogens with one attached hydrogen (secondary N) is 2. The van der Waals surface area contributed by atoms with Crippen LogP contribution in [0.3, 0.4) is 0 Å². The van der Waals surface area contributed by atoms with Crippen molar-refractivity contribution in [2.24, 2.45) is 5.92 Å². The predicted molar refractivity (Wildman–Crippen MR) is 72.1 cm³/mol. The van der Waals surface area contributed by atoms with Crippen molar-refractivity contribution in [1.82, 2.24) is 20.2 Å². The van der Waals surface area contributed by atoms with E-state index >= 15 is 0 Å². The van der Waals surface area contributed by atoms with Gasteiger partial charge in [0.2, 0.25) is 5.91 Å². The summed E-state index contributed by atoms with van der Waals surface area (Å²) in [5.41, 5.74) is 0. The highest BCUT2D eigenvalue weighted by atomic mass is 16.2. The zero-order valence-electron chi connectivity index (χ0n) is 11.7. The molecule has 1 unspecified atom stereocenters. The molecule has 0 saturated carbocycles. The third-order valence-corrected chi connectivity index (χ3v) is 2.92. The standard InChI is InChI=1S/C13H24N4O/c1-5-17-7-6-15-12(17)9-16-11(8-10(2)3)13(18)14-4/h6-7,10-11,16H,5,8-9H2,1-4H3,(H,14,18). The Morgan fingerprint density at radius 3 is 2.78 bits per heavy atom. The highest BCUT2D eigenvalue weighted by Gasteiger charge is 2.18. The van der Waals surface area contributed by atoms with Crippen molar-refractivity contribution < 1.29 is 4.79 Å². The van der Waals surface area contributed by atoms with Crippen LogP contribution in [0, 0.1) is 5.92 Å². The van der Waals surface area contributed by atoms with Crippen molar-refractivity contribution in [3.63, 3.8) is 0 Å². The van der Waals surface area contributed by atoms with E-state index in [0.29, 0.717) is 12.5 Å². The minimum absolute atomic E-state index is 0.0401. The monoisotopic (exact) mass is 252 g/mol. The van der Waals surface area contributed by atoms with Crippen molar-refractivity contribution in [1.29, 1.82) is 0 Å². The van der Waals surface area contributed by atoms with Gasteiger partial charge in [-0.25, -0.2) is 4.98 Å². The Bertz CT molecular complexity index is 373. The minimum atomic E-state index is -0.156. The molecule has 0 spiro atoms. The Balaban J connectivity index is 2.58. The summed E-state index contributed by atoms with van der Waals surface area (Å²) in [6.07, 6.45) is 4.57. The molecule has 0 aromatic carbocycles. The molecule has 0 bridgehead atoms. The number of aromatic nitrogens is 2. The summed E-state index contributed by atoms with van der Waals surface area (Å²) in [4.78, 5) is 16.1. The SMILES string of the molecule is CCn1ccnc1CNC(CC(C)C)C(=O)NC. The summed E-state index contributed by atoms with van der Waals surface area (Å²) >= 11 is 0. The van der Waals surface area contributed by atoms with E-state index in [1.807, 2.05) is 6.20 Å². The van der Waals surface area contributed by atoms with E-state index in [1.54, 1.807) is 13.2 Å². The van der Waals surface area contributed by atoms with E-state index in [2.05, 4.69) is 41.0 Å². The van der Waals surface area contributed by atoms with Crippen molar-refractivity contribution in [2.75, 3.05) is 7.05 Å². The summed E-state index contributed by atoms with van der Waals surface area (Å²) in [6.45, 7) is 7.82. The molecule has 18 heavy (non-hydrogen) atoms. The number of likely N-dealkylation sites (N-methyl/N-ethyl adjacent to an activating group) is 1. The average molecular weight is 252 g/mol. The van der Waals surface area contributed by atoms with Crippen LogP contribution in [0.4, 0.5) is 0 Å². The van der Waals surface area contributed by atoms with Gasteiger partial charge < -0.3 is 9.88 Å². The topological polar surface area (TPSA) is 59.0 Å². The Morgan fingerprint density at radius 2 is 2.22 bits per heavy atom. The largest absolute Gasteiger partial charge is 0.358 e. The lowest BCUT2D eigenvalue weighted by Gasteiger charge is -2.19. The molecule has 1 amide bonds. The third kappa shape index (κ3) is 4.14. The van der Waals surface area contributed by atoms with Crippen LogP contribution in [0.5, 0.6) is 0 Å². The second-order valence-corrected chi connectivity index (χ2v) is 4.81. The zero-order valence-corrected chi connectivity index (χ0v) is 11.7. The molecule has 0 aliphatic carbocycles. The number of carbonyl (C=O) groups excluding carboxylic acids is 1. The van der Waals surface area contributed by atoms with Crippen LogP contribution in [0.1, 0.15) is 33.0 Å². The quantitative estimate of drug-likeness (QED) is 0.765. The fourth-order valence-corrected chi connectivity index (χ4v) is 1.94. The van der Waals surface area contributed by atoms with Gasteiger partial charge in [-0.05, 0) is 19.3 Å². The van der Waals surface area contributed by atoms with Gasteiger partial charge >= 0.3 is 0 Å². The van der Waals surface area contributed by atoms with Crippen molar-refractivity contribution >= 4 is 5.91 Å². The molecular formula is C13H24N4O. The van der Waals surface area contributed by atoms with Gasteiger partial charge in [-0.3, -0.25) is 10.1 Å². The van der Waals surface area contributed by atoms with E-state index in [9.17, 15) is 4.79 Å². The second kappa shape index (κ2) is 7.16. The van der Waals surface area contributed by atoms with Crippen LogP contribution < -0.4 is 10.6 Å². The van der Waals surface area contributed by atoms with Gasteiger partial charge in [-0.15, -0.1) is 0 Å². The number of aryl methyl sites for hydroxylation is 1. The molecule has 1 aromatic heterocycles. The molecule has 1 atom stereocenters. The molecule has 0 fully saturated rings. The van der Waals surface area contributed by atoms with Gasteiger partial charge in [0.05, 0.1) is 12.6 Å². The molecule has 0 radical (unpaired) electrons. The van der Waals surface area contributed by atoms with E-state index < -0.39 is 0 Å². The van der Waals surface area contributed by atoms with Crippen LogP contribution in [-0.2, 0) is 17.9 Å². The highest BCUT2D eigenvalue weighted by Crippen LogP contribution is 2.06. The van der Waals surface area contributed by atoms with Crippen LogP contribution in [0.2, 0.25) is 0 Å². The maximum Gasteiger partial charge on any atom is 0.236 e. The number of hydrogen-bond donors (Lipinski definition) is 2. The Morgan fingerprint density at radius 1 is 1.50 bits per heavy atom. The molecule has 102 valence electrons. The fraction of sp³-hybridized carbons (Fsp3) is 0.692. The van der Waals surface area contributed by atoms with Gasteiger partial charge in [0, 0.05) is 26.0 Å². The first-order valence-electron chi connectivity index (χ1n) is 6.53. The molecule has 2 N–H and O–H groups in total. The predicted octanol–water partition coefficient (Wildman–Crippen LogP) is 1.15. The summed E-state index contributed by atoms with van der Waals surface area (Å²) in [6, 6.07) is -0.156. The van der Waals surface area contributed by atoms with Gasteiger partial charge in [0.25, 0.3) is 0 Å². The summed E-state index contributed by atoms with van der Waals surface area (Å²) in [7, 11) is 1.67. The number of nitrogens with zero attached hydrogens (tertiary/aromatic N) is 2. The Labute approximate surface area is 109 Å². The molecule has 5 nitrogen and oxygen atoms in total. The molecule has 0 aliphatic rings. The van der Waals surface area contributed by atoms with Crippen molar-refractivity contribution in [3.8, 4) is 0 Å². The number of imidazole rings is 1. The van der Waals surface area contributed by atoms with Crippen LogP contribution in [0.15, 0.2) is 12.4 Å². The second-order valence-electron chi connectivity index (χ2n) is 4.81. The first-order valence-corrected chi connectivity index (χ1v) is 6.53. The maximum absolute atomic E-state index is 11.8. The van der Waals surface area contributed by atoms with E-state index in [4.69, 9.17) is 0 Å². The van der Waals surface area contributed by atoms with Crippen molar-refractivity contribution in [2.45, 2.75) is 46.3 Å². The lowest BCUT2D eigenvalue weighted by Crippen LogP contribution is -2.43. The number of rotatable bonds is 7. The Kier molecular flexibility index (Phi) is 5.85. The number of hydrogen-bond acceptors (Lipinski definition) is 3. The molecule has 1 heterocycles. The maximum atomic E-state index is 11.8.